The van der Waals surface area contributed by atoms with Crippen molar-refractivity contribution < 1.29 is 5.11 Å². The van der Waals surface area contributed by atoms with Gasteiger partial charge < -0.3 is 15.3 Å². The summed E-state index contributed by atoms with van der Waals surface area (Å²) in [5, 5.41) is 13.5. The van der Waals surface area contributed by atoms with Crippen molar-refractivity contribution in [1.29, 1.82) is 0 Å². The summed E-state index contributed by atoms with van der Waals surface area (Å²) < 4.78 is 0. The molecule has 1 spiro atoms. The maximum atomic E-state index is 10.1. The molecule has 3 unspecified atom stereocenters. The van der Waals surface area contributed by atoms with Gasteiger partial charge in [-0.2, -0.15) is 0 Å². The molecule has 0 aliphatic carbocycles. The van der Waals surface area contributed by atoms with Crippen LogP contribution in [0.25, 0.3) is 0 Å². The quantitative estimate of drug-likeness (QED) is 0.552. The van der Waals surface area contributed by atoms with Gasteiger partial charge in [-0.3, -0.25) is 0 Å². The zero-order valence-corrected chi connectivity index (χ0v) is 8.58. The third-order valence-electron chi connectivity index (χ3n) is 3.90. The number of hydrogen-bond acceptors (Lipinski definition) is 3. The number of nitrogens with zero attached hydrogens (tertiary/aromatic N) is 1. The van der Waals surface area contributed by atoms with E-state index in [1.54, 1.807) is 0 Å². The minimum absolute atomic E-state index is 0.103. The number of hydrogen-bond donors (Lipinski definition) is 2. The average Bonchev–Trinajstić information content (AvgIpc) is 2.43. The van der Waals surface area contributed by atoms with Crippen molar-refractivity contribution in [2.45, 2.75) is 19.4 Å². The number of aliphatic hydroxyl groups is 1. The highest BCUT2D eigenvalue weighted by Gasteiger charge is 2.48. The Morgan fingerprint density at radius 2 is 2.31 bits per heavy atom. The van der Waals surface area contributed by atoms with Gasteiger partial charge in [0.1, 0.15) is 0 Å². The lowest BCUT2D eigenvalue weighted by Gasteiger charge is -2.45. The Bertz CT molecular complexity index is 197. The maximum absolute atomic E-state index is 10.1. The molecule has 76 valence electrons. The predicted octanol–water partition coefficient (Wildman–Crippen LogP) is -0.0915. The van der Waals surface area contributed by atoms with Gasteiger partial charge in [-0.1, -0.05) is 6.92 Å². The minimum Gasteiger partial charge on any atom is -0.392 e. The van der Waals surface area contributed by atoms with Gasteiger partial charge in [0.05, 0.1) is 6.10 Å². The van der Waals surface area contributed by atoms with Gasteiger partial charge in [-0.05, 0) is 25.9 Å². The van der Waals surface area contributed by atoms with Gasteiger partial charge >= 0.3 is 0 Å². The first-order valence-corrected chi connectivity index (χ1v) is 5.22. The van der Waals surface area contributed by atoms with Gasteiger partial charge in [-0.15, -0.1) is 0 Å². The van der Waals surface area contributed by atoms with Gasteiger partial charge in [0, 0.05) is 25.0 Å². The summed E-state index contributed by atoms with van der Waals surface area (Å²) in [6.07, 6.45) is 0.830. The van der Waals surface area contributed by atoms with E-state index in [1.165, 1.54) is 0 Å². The van der Waals surface area contributed by atoms with E-state index in [9.17, 15) is 5.11 Å². The van der Waals surface area contributed by atoms with E-state index in [0.717, 1.165) is 32.6 Å². The fourth-order valence-electron chi connectivity index (χ4n) is 2.87. The summed E-state index contributed by atoms with van der Waals surface area (Å²) in [6, 6.07) is 0. The summed E-state index contributed by atoms with van der Waals surface area (Å²) in [5.41, 5.74) is 0.132. The topological polar surface area (TPSA) is 35.5 Å². The Balaban J connectivity index is 2.17. The highest BCUT2D eigenvalue weighted by Crippen LogP contribution is 2.39. The molecular formula is C10H20N2O. The Morgan fingerprint density at radius 3 is 2.92 bits per heavy atom. The standard InChI is InChI=1S/C10H20N2O/c1-8-5-11-6-10(8)7-12(2)4-3-9(10)13/h8-9,11,13H,3-7H2,1-2H3. The lowest BCUT2D eigenvalue weighted by molar-refractivity contribution is -0.0488. The molecule has 3 atom stereocenters. The molecule has 2 N–H and O–H groups in total. The zero-order valence-electron chi connectivity index (χ0n) is 8.58. The summed E-state index contributed by atoms with van der Waals surface area (Å²) in [5.74, 6) is 0.602. The molecule has 0 radical (unpaired) electrons. The molecule has 3 nitrogen and oxygen atoms in total. The number of piperidine rings is 1. The summed E-state index contributed by atoms with van der Waals surface area (Å²) in [6.45, 7) is 6.38. The average molecular weight is 184 g/mol. The lowest BCUT2D eigenvalue weighted by Crippen LogP contribution is -2.54. The molecule has 0 saturated carbocycles. The van der Waals surface area contributed by atoms with Crippen LogP contribution in [-0.2, 0) is 0 Å². The van der Waals surface area contributed by atoms with Gasteiger partial charge in [-0.25, -0.2) is 0 Å². The van der Waals surface area contributed by atoms with E-state index in [1.807, 2.05) is 0 Å². The molecule has 2 fully saturated rings. The largest absolute Gasteiger partial charge is 0.392 e. The lowest BCUT2D eigenvalue weighted by atomic mass is 9.71. The number of likely N-dealkylation sites (tertiary alicyclic amines) is 1. The molecule has 2 saturated heterocycles. The molecular weight excluding hydrogens is 164 g/mol. The van der Waals surface area contributed by atoms with Crippen molar-refractivity contribution in [2.75, 3.05) is 33.2 Å². The molecule has 0 aromatic rings. The first kappa shape index (κ1) is 9.44. The van der Waals surface area contributed by atoms with Gasteiger partial charge in [0.15, 0.2) is 0 Å². The molecule has 2 heterocycles. The molecule has 0 aromatic carbocycles. The highest BCUT2D eigenvalue weighted by molar-refractivity contribution is 5.01. The number of rotatable bonds is 0. The van der Waals surface area contributed by atoms with E-state index in [0.29, 0.717) is 5.92 Å². The van der Waals surface area contributed by atoms with Crippen LogP contribution in [0.4, 0.5) is 0 Å². The second-order valence-electron chi connectivity index (χ2n) is 4.81. The highest BCUT2D eigenvalue weighted by atomic mass is 16.3. The van der Waals surface area contributed by atoms with Crippen LogP contribution in [0.2, 0.25) is 0 Å². The summed E-state index contributed by atoms with van der Waals surface area (Å²) in [4.78, 5) is 2.34. The van der Waals surface area contributed by atoms with Crippen LogP contribution in [0.3, 0.4) is 0 Å². The van der Waals surface area contributed by atoms with Crippen molar-refractivity contribution in [2.24, 2.45) is 11.3 Å². The van der Waals surface area contributed by atoms with Crippen molar-refractivity contribution in [3.8, 4) is 0 Å². The Morgan fingerprint density at radius 1 is 1.54 bits per heavy atom. The van der Waals surface area contributed by atoms with Crippen molar-refractivity contribution in [3.05, 3.63) is 0 Å². The zero-order chi connectivity index (χ0) is 9.47. The molecule has 0 bridgehead atoms. The third-order valence-corrected chi connectivity index (χ3v) is 3.90. The van der Waals surface area contributed by atoms with Crippen molar-refractivity contribution in [1.82, 2.24) is 10.2 Å². The van der Waals surface area contributed by atoms with Gasteiger partial charge in [0.25, 0.3) is 0 Å². The second-order valence-corrected chi connectivity index (χ2v) is 4.81. The Hall–Kier alpha value is -0.120. The third kappa shape index (κ3) is 1.39. The fraction of sp³-hybridized carbons (Fsp3) is 1.00. The molecule has 2 aliphatic rings. The second kappa shape index (κ2) is 3.23. The van der Waals surface area contributed by atoms with Crippen LogP contribution in [0.5, 0.6) is 0 Å². The Labute approximate surface area is 80.1 Å². The molecule has 2 aliphatic heterocycles. The molecule has 2 rings (SSSR count). The van der Waals surface area contributed by atoms with Crippen LogP contribution in [0, 0.1) is 11.3 Å². The van der Waals surface area contributed by atoms with Crippen LogP contribution in [0.1, 0.15) is 13.3 Å². The fourth-order valence-corrected chi connectivity index (χ4v) is 2.87. The number of aliphatic hydroxyl groups excluding tert-OH is 1. The van der Waals surface area contributed by atoms with Crippen LogP contribution < -0.4 is 5.32 Å². The molecule has 3 heteroatoms. The van der Waals surface area contributed by atoms with Gasteiger partial charge in [0.2, 0.25) is 0 Å². The van der Waals surface area contributed by atoms with E-state index in [2.05, 4.69) is 24.2 Å². The van der Waals surface area contributed by atoms with E-state index in [4.69, 9.17) is 0 Å². The maximum Gasteiger partial charge on any atom is 0.0636 e. The van der Waals surface area contributed by atoms with Crippen molar-refractivity contribution >= 4 is 0 Å². The normalized spacial score (nSPS) is 47.3. The van der Waals surface area contributed by atoms with E-state index < -0.39 is 0 Å². The van der Waals surface area contributed by atoms with Crippen LogP contribution in [0.15, 0.2) is 0 Å². The predicted molar refractivity (Wildman–Crippen MR) is 52.6 cm³/mol. The molecule has 13 heavy (non-hydrogen) atoms. The minimum atomic E-state index is -0.103. The first-order valence-electron chi connectivity index (χ1n) is 5.22. The molecule has 0 amide bonds. The van der Waals surface area contributed by atoms with Crippen LogP contribution in [-0.4, -0.2) is 49.3 Å². The summed E-state index contributed by atoms with van der Waals surface area (Å²) >= 11 is 0. The number of nitrogens with one attached hydrogen (secondary N) is 1. The van der Waals surface area contributed by atoms with E-state index >= 15 is 0 Å². The SMILES string of the molecule is CC1CNCC12CN(C)CCC2O. The smallest absolute Gasteiger partial charge is 0.0636 e. The Kier molecular flexibility index (Phi) is 2.34. The summed E-state index contributed by atoms with van der Waals surface area (Å²) in [7, 11) is 2.15. The monoisotopic (exact) mass is 184 g/mol. The van der Waals surface area contributed by atoms with E-state index in [-0.39, 0.29) is 11.5 Å². The van der Waals surface area contributed by atoms with Crippen LogP contribution >= 0.6 is 0 Å². The first-order chi connectivity index (χ1) is 6.15. The molecule has 0 aromatic heterocycles. The van der Waals surface area contributed by atoms with Crippen molar-refractivity contribution in [3.63, 3.8) is 0 Å².